The molecule has 1 aliphatic carbocycles. The molecule has 1 aromatic rings. The van der Waals surface area contributed by atoms with Crippen LogP contribution in [0.3, 0.4) is 0 Å². The number of nitrogens with zero attached hydrogens (tertiary/aromatic N) is 1. The summed E-state index contributed by atoms with van der Waals surface area (Å²) in [6.45, 7) is 8.58. The minimum absolute atomic E-state index is 0.0323. The van der Waals surface area contributed by atoms with Gasteiger partial charge in [0.15, 0.2) is 6.29 Å². The van der Waals surface area contributed by atoms with Gasteiger partial charge in [-0.3, -0.25) is 9.69 Å². The minimum atomic E-state index is -2.61. The summed E-state index contributed by atoms with van der Waals surface area (Å²) in [6, 6.07) is 4.87. The van der Waals surface area contributed by atoms with Crippen molar-refractivity contribution in [3.05, 3.63) is 29.8 Å². The maximum Gasteiger partial charge on any atom is 0.410 e. The number of aliphatic hydroxyl groups excluding tert-OH is 1. The summed E-state index contributed by atoms with van der Waals surface area (Å²) in [5, 5.41) is 14.3. The topological polar surface area (TPSA) is 107 Å². The van der Waals surface area contributed by atoms with Crippen molar-refractivity contribution in [2.24, 2.45) is 5.41 Å². The number of halogens is 2. The molecule has 40 heavy (non-hydrogen) atoms. The first-order valence-corrected chi connectivity index (χ1v) is 13.9. The average Bonchev–Trinajstić information content (AvgIpc) is 3.31. The molecule has 11 heteroatoms. The highest BCUT2D eigenvalue weighted by Gasteiger charge is 2.42. The Hall–Kier alpha value is -2.50. The highest BCUT2D eigenvalue weighted by molar-refractivity contribution is 5.73. The van der Waals surface area contributed by atoms with Gasteiger partial charge in [0.1, 0.15) is 18.0 Å². The van der Waals surface area contributed by atoms with Crippen LogP contribution < -0.4 is 10.1 Å². The fourth-order valence-corrected chi connectivity index (χ4v) is 5.19. The molecule has 1 heterocycles. The van der Waals surface area contributed by atoms with Crippen molar-refractivity contribution in [2.75, 3.05) is 26.4 Å². The van der Waals surface area contributed by atoms with E-state index in [1.807, 2.05) is 0 Å². The minimum Gasteiger partial charge on any atom is -0.488 e. The number of carbonyl (C=O) groups excluding carboxylic acids is 2. The van der Waals surface area contributed by atoms with E-state index in [4.69, 9.17) is 18.9 Å². The third-order valence-electron chi connectivity index (χ3n) is 7.18. The number of aliphatic hydroxyl groups is 1. The SMILES string of the molecule is CC(=O)NC(Cc1cccc(OCC(F)F)c1)C(O)C1COC(OCC2(C)CCCC2)CN1C(=O)OC(C)(C)C. The monoisotopic (exact) mass is 570 g/mol. The van der Waals surface area contributed by atoms with Crippen molar-refractivity contribution < 1.29 is 42.4 Å². The first-order valence-electron chi connectivity index (χ1n) is 13.9. The summed E-state index contributed by atoms with van der Waals surface area (Å²) in [5.74, 6) is -0.123. The molecule has 3 rings (SSSR count). The second-order valence-electron chi connectivity index (χ2n) is 12.1. The van der Waals surface area contributed by atoms with Crippen molar-refractivity contribution in [1.82, 2.24) is 10.2 Å². The molecule has 4 atom stereocenters. The fraction of sp³-hybridized carbons (Fsp3) is 0.724. The molecule has 0 radical (unpaired) electrons. The Kier molecular flexibility index (Phi) is 11.1. The summed E-state index contributed by atoms with van der Waals surface area (Å²) in [5.41, 5.74) is -0.0504. The summed E-state index contributed by atoms with van der Waals surface area (Å²) in [4.78, 5) is 26.8. The van der Waals surface area contributed by atoms with Crippen LogP contribution in [0, 0.1) is 5.41 Å². The highest BCUT2D eigenvalue weighted by atomic mass is 19.3. The number of benzene rings is 1. The second kappa shape index (κ2) is 13.9. The van der Waals surface area contributed by atoms with Crippen molar-refractivity contribution in [1.29, 1.82) is 0 Å². The number of hydrogen-bond donors (Lipinski definition) is 2. The molecule has 1 aromatic carbocycles. The summed E-state index contributed by atoms with van der Waals surface area (Å²) in [6.07, 6.45) is -0.533. The Morgan fingerprint density at radius 2 is 1.95 bits per heavy atom. The van der Waals surface area contributed by atoms with Crippen molar-refractivity contribution in [2.45, 2.75) is 103 Å². The summed E-state index contributed by atoms with van der Waals surface area (Å²) in [7, 11) is 0. The summed E-state index contributed by atoms with van der Waals surface area (Å²) >= 11 is 0. The molecule has 0 aromatic heterocycles. The molecule has 2 N–H and O–H groups in total. The number of carbonyl (C=O) groups is 2. The molecule has 2 amide bonds. The van der Waals surface area contributed by atoms with Crippen LogP contribution in [0.25, 0.3) is 0 Å². The molecular formula is C29H44F2N2O7. The van der Waals surface area contributed by atoms with Gasteiger partial charge in [0, 0.05) is 6.92 Å². The van der Waals surface area contributed by atoms with Crippen LogP contribution in [0.1, 0.15) is 65.9 Å². The van der Waals surface area contributed by atoms with E-state index in [0.29, 0.717) is 12.2 Å². The van der Waals surface area contributed by atoms with Crippen LogP contribution in [-0.4, -0.2) is 84.9 Å². The van der Waals surface area contributed by atoms with E-state index in [2.05, 4.69) is 12.2 Å². The quantitative estimate of drug-likeness (QED) is 0.409. The number of alkyl halides is 2. The van der Waals surface area contributed by atoms with Crippen molar-refractivity contribution in [3.63, 3.8) is 0 Å². The lowest BCUT2D eigenvalue weighted by molar-refractivity contribution is -0.212. The van der Waals surface area contributed by atoms with Gasteiger partial charge in [-0.15, -0.1) is 0 Å². The number of morpholine rings is 1. The number of rotatable bonds is 11. The standard InChI is InChI=1S/C29H44F2N2O7/c1-19(34)32-22(14-20-9-8-10-21(13-20)37-17-24(30)31)26(35)23-16-38-25(39-18-29(5)11-6-7-12-29)15-33(23)27(36)40-28(2,3)4/h8-10,13,22-26,35H,6-7,11-12,14-18H2,1-5H3,(H,32,34). The van der Waals surface area contributed by atoms with Crippen LogP contribution in [0.4, 0.5) is 13.6 Å². The molecular weight excluding hydrogens is 526 g/mol. The zero-order valence-corrected chi connectivity index (χ0v) is 24.2. The first-order chi connectivity index (χ1) is 18.7. The fourth-order valence-electron chi connectivity index (χ4n) is 5.19. The largest absolute Gasteiger partial charge is 0.488 e. The Morgan fingerprint density at radius 3 is 2.58 bits per heavy atom. The average molecular weight is 571 g/mol. The zero-order valence-electron chi connectivity index (χ0n) is 24.2. The second-order valence-corrected chi connectivity index (χ2v) is 12.1. The van der Waals surface area contributed by atoms with E-state index in [0.717, 1.165) is 25.7 Å². The van der Waals surface area contributed by atoms with Gasteiger partial charge in [-0.2, -0.15) is 0 Å². The molecule has 226 valence electrons. The van der Waals surface area contributed by atoms with Gasteiger partial charge >= 0.3 is 6.09 Å². The van der Waals surface area contributed by atoms with Gasteiger partial charge in [-0.05, 0) is 63.1 Å². The van der Waals surface area contributed by atoms with Gasteiger partial charge in [-0.1, -0.05) is 31.9 Å². The van der Waals surface area contributed by atoms with Gasteiger partial charge in [0.05, 0.1) is 37.9 Å². The van der Waals surface area contributed by atoms with E-state index in [9.17, 15) is 23.5 Å². The predicted octanol–water partition coefficient (Wildman–Crippen LogP) is 4.30. The van der Waals surface area contributed by atoms with Gasteiger partial charge < -0.3 is 29.4 Å². The molecule has 4 unspecified atom stereocenters. The van der Waals surface area contributed by atoms with Gasteiger partial charge in [0.25, 0.3) is 6.43 Å². The molecule has 1 saturated heterocycles. The van der Waals surface area contributed by atoms with Crippen molar-refractivity contribution >= 4 is 12.0 Å². The number of hydrogen-bond acceptors (Lipinski definition) is 7. The summed E-state index contributed by atoms with van der Waals surface area (Å²) < 4.78 is 48.0. The molecule has 2 aliphatic rings. The maximum atomic E-state index is 13.3. The Labute approximate surface area is 235 Å². The maximum absolute atomic E-state index is 13.3. The van der Waals surface area contributed by atoms with E-state index in [1.165, 1.54) is 11.8 Å². The van der Waals surface area contributed by atoms with Crippen LogP contribution >= 0.6 is 0 Å². The Morgan fingerprint density at radius 1 is 1.25 bits per heavy atom. The van der Waals surface area contributed by atoms with Crippen LogP contribution in [0.15, 0.2) is 24.3 Å². The van der Waals surface area contributed by atoms with Gasteiger partial charge in [0.2, 0.25) is 5.91 Å². The van der Waals surface area contributed by atoms with E-state index in [1.54, 1.807) is 45.0 Å². The van der Waals surface area contributed by atoms with E-state index < -0.39 is 49.2 Å². The zero-order chi connectivity index (χ0) is 29.5. The number of amides is 2. The van der Waals surface area contributed by atoms with Crippen LogP contribution in [0.2, 0.25) is 0 Å². The number of nitrogens with one attached hydrogen (secondary N) is 1. The highest BCUT2D eigenvalue weighted by Crippen LogP contribution is 2.38. The lowest BCUT2D eigenvalue weighted by Gasteiger charge is -2.43. The lowest BCUT2D eigenvalue weighted by atomic mass is 9.90. The molecule has 0 spiro atoms. The third kappa shape index (κ3) is 9.85. The Bertz CT molecular complexity index is 981. The molecule has 1 saturated carbocycles. The molecule has 0 bridgehead atoms. The molecule has 1 aliphatic heterocycles. The third-order valence-corrected chi connectivity index (χ3v) is 7.18. The van der Waals surface area contributed by atoms with Gasteiger partial charge in [-0.25, -0.2) is 13.6 Å². The van der Waals surface area contributed by atoms with E-state index in [-0.39, 0.29) is 36.6 Å². The normalized spacial score (nSPS) is 22.6. The predicted molar refractivity (Wildman–Crippen MR) is 144 cm³/mol. The number of ether oxygens (including phenoxy) is 4. The van der Waals surface area contributed by atoms with Crippen LogP contribution in [0.5, 0.6) is 5.75 Å². The molecule has 2 fully saturated rings. The first kappa shape index (κ1) is 32.0. The Balaban J connectivity index is 1.77. The van der Waals surface area contributed by atoms with Crippen LogP contribution in [-0.2, 0) is 25.4 Å². The van der Waals surface area contributed by atoms with Crippen molar-refractivity contribution in [3.8, 4) is 5.75 Å². The van der Waals surface area contributed by atoms with E-state index >= 15 is 0 Å². The molecule has 9 nitrogen and oxygen atoms in total. The lowest BCUT2D eigenvalue weighted by Crippen LogP contribution is -2.62. The smallest absolute Gasteiger partial charge is 0.410 e.